The Kier molecular flexibility index (Phi) is 1.88. The Morgan fingerprint density at radius 3 is 2.69 bits per heavy atom. The fourth-order valence-electron chi connectivity index (χ4n) is 3.09. The van der Waals surface area contributed by atoms with Crippen molar-refractivity contribution in [3.8, 4) is 0 Å². The van der Waals surface area contributed by atoms with Gasteiger partial charge in [-0.3, -0.25) is 4.79 Å². The second-order valence-corrected chi connectivity index (χ2v) is 5.75. The Bertz CT molecular complexity index is 506. The van der Waals surface area contributed by atoms with Gasteiger partial charge < -0.3 is 0 Å². The first-order chi connectivity index (χ1) is 7.57. The van der Waals surface area contributed by atoms with Gasteiger partial charge in [0.1, 0.15) is 0 Å². The Morgan fingerprint density at radius 1 is 1.12 bits per heavy atom. The van der Waals surface area contributed by atoms with Crippen LogP contribution in [0.1, 0.15) is 37.8 Å². The summed E-state index contributed by atoms with van der Waals surface area (Å²) < 4.78 is 0. The number of carbonyl (C=O) groups excluding carboxylic acids is 1. The van der Waals surface area contributed by atoms with Gasteiger partial charge in [0.2, 0.25) is 0 Å². The van der Waals surface area contributed by atoms with E-state index in [1.165, 1.54) is 16.7 Å². The molecule has 16 heavy (non-hydrogen) atoms. The summed E-state index contributed by atoms with van der Waals surface area (Å²) in [7, 11) is 0. The maximum absolute atomic E-state index is 12.2. The van der Waals surface area contributed by atoms with E-state index in [0.29, 0.717) is 12.2 Å². The maximum atomic E-state index is 12.2. The average molecular weight is 212 g/mol. The van der Waals surface area contributed by atoms with Crippen LogP contribution in [-0.2, 0) is 11.2 Å². The summed E-state index contributed by atoms with van der Waals surface area (Å²) in [6.07, 6.45) is 2.75. The number of hydrogen-bond acceptors (Lipinski definition) is 1. The van der Waals surface area contributed by atoms with Gasteiger partial charge >= 0.3 is 0 Å². The van der Waals surface area contributed by atoms with Crippen LogP contribution in [0.15, 0.2) is 29.8 Å². The van der Waals surface area contributed by atoms with Crippen LogP contribution in [0.2, 0.25) is 0 Å². The van der Waals surface area contributed by atoms with Crippen molar-refractivity contribution in [2.24, 2.45) is 5.41 Å². The lowest BCUT2D eigenvalue weighted by Crippen LogP contribution is -2.23. The van der Waals surface area contributed by atoms with Crippen molar-refractivity contribution in [2.45, 2.75) is 33.1 Å². The molecule has 0 unspecified atom stereocenters. The maximum Gasteiger partial charge on any atom is 0.163 e. The molecule has 0 aromatic heterocycles. The largest absolute Gasteiger partial charge is 0.294 e. The second kappa shape index (κ2) is 3.07. The smallest absolute Gasteiger partial charge is 0.163 e. The highest BCUT2D eigenvalue weighted by atomic mass is 16.1. The molecule has 0 heterocycles. The molecule has 0 bridgehead atoms. The van der Waals surface area contributed by atoms with E-state index in [0.717, 1.165) is 18.4 Å². The number of allylic oxidation sites excluding steroid dienone is 2. The zero-order chi connectivity index (χ0) is 11.3. The van der Waals surface area contributed by atoms with Gasteiger partial charge in [-0.2, -0.15) is 0 Å². The van der Waals surface area contributed by atoms with E-state index in [9.17, 15) is 4.79 Å². The minimum absolute atomic E-state index is 0.151. The van der Waals surface area contributed by atoms with Gasteiger partial charge in [0.15, 0.2) is 5.78 Å². The van der Waals surface area contributed by atoms with E-state index >= 15 is 0 Å². The van der Waals surface area contributed by atoms with Gasteiger partial charge in [0.05, 0.1) is 0 Å². The molecule has 82 valence electrons. The molecule has 0 radical (unpaired) electrons. The Balaban J connectivity index is 2.12. The Labute approximate surface area is 96.2 Å². The minimum Gasteiger partial charge on any atom is -0.294 e. The third kappa shape index (κ3) is 1.35. The number of ketones is 1. The average Bonchev–Trinajstić information content (AvgIpc) is 2.52. The summed E-state index contributed by atoms with van der Waals surface area (Å²) in [6, 6.07) is 8.33. The fraction of sp³-hybridized carbons (Fsp3) is 0.400. The van der Waals surface area contributed by atoms with Gasteiger partial charge in [0.25, 0.3) is 0 Å². The SMILES string of the molecule is CC1(C)CC(=O)C2=C(Cc3ccccc32)C1. The molecule has 2 aliphatic rings. The first kappa shape index (κ1) is 9.83. The Morgan fingerprint density at radius 2 is 1.88 bits per heavy atom. The zero-order valence-electron chi connectivity index (χ0n) is 9.84. The van der Waals surface area contributed by atoms with Gasteiger partial charge in [0, 0.05) is 12.0 Å². The summed E-state index contributed by atoms with van der Waals surface area (Å²) in [5, 5.41) is 0. The number of hydrogen-bond donors (Lipinski definition) is 0. The van der Waals surface area contributed by atoms with Gasteiger partial charge in [-0.15, -0.1) is 0 Å². The molecule has 3 rings (SSSR count). The van der Waals surface area contributed by atoms with Crippen LogP contribution in [0.25, 0.3) is 5.57 Å². The summed E-state index contributed by atoms with van der Waals surface area (Å²) in [4.78, 5) is 12.2. The third-order valence-corrected chi connectivity index (χ3v) is 3.65. The van der Waals surface area contributed by atoms with E-state index in [4.69, 9.17) is 0 Å². The number of Topliss-reactive ketones (excluding diaryl/α,β-unsaturated/α-hetero) is 1. The number of carbonyl (C=O) groups is 1. The molecule has 1 heteroatoms. The predicted octanol–water partition coefficient (Wildman–Crippen LogP) is 3.39. The topological polar surface area (TPSA) is 17.1 Å². The van der Waals surface area contributed by atoms with Crippen molar-refractivity contribution in [1.82, 2.24) is 0 Å². The van der Waals surface area contributed by atoms with Gasteiger partial charge in [-0.25, -0.2) is 0 Å². The molecule has 0 atom stereocenters. The van der Waals surface area contributed by atoms with Crippen LogP contribution >= 0.6 is 0 Å². The first-order valence-electron chi connectivity index (χ1n) is 5.90. The molecule has 0 spiro atoms. The molecule has 0 N–H and O–H groups in total. The molecule has 1 nitrogen and oxygen atoms in total. The number of rotatable bonds is 0. The molecular formula is C15H16O. The number of benzene rings is 1. The number of fused-ring (bicyclic) bond motifs is 2. The molecule has 0 amide bonds. The molecular weight excluding hydrogens is 196 g/mol. The lowest BCUT2D eigenvalue weighted by atomic mass is 9.74. The minimum atomic E-state index is 0.151. The molecule has 0 fully saturated rings. The van der Waals surface area contributed by atoms with Crippen LogP contribution < -0.4 is 0 Å². The fourth-order valence-corrected chi connectivity index (χ4v) is 3.09. The second-order valence-electron chi connectivity index (χ2n) is 5.75. The van der Waals surface area contributed by atoms with E-state index in [2.05, 4.69) is 32.0 Å². The highest BCUT2D eigenvalue weighted by Gasteiger charge is 2.36. The molecule has 1 aromatic carbocycles. The van der Waals surface area contributed by atoms with E-state index in [1.807, 2.05) is 6.07 Å². The zero-order valence-corrected chi connectivity index (χ0v) is 9.84. The molecule has 1 aromatic rings. The summed E-state index contributed by atoms with van der Waals surface area (Å²) in [6.45, 7) is 4.38. The van der Waals surface area contributed by atoms with E-state index in [1.54, 1.807) is 0 Å². The van der Waals surface area contributed by atoms with Crippen molar-refractivity contribution in [3.63, 3.8) is 0 Å². The molecule has 2 aliphatic carbocycles. The quantitative estimate of drug-likeness (QED) is 0.644. The van der Waals surface area contributed by atoms with Crippen molar-refractivity contribution >= 4 is 11.4 Å². The van der Waals surface area contributed by atoms with Crippen molar-refractivity contribution in [1.29, 1.82) is 0 Å². The van der Waals surface area contributed by atoms with Crippen molar-refractivity contribution in [3.05, 3.63) is 41.0 Å². The van der Waals surface area contributed by atoms with Crippen LogP contribution in [-0.4, -0.2) is 5.78 Å². The molecule has 0 aliphatic heterocycles. The normalized spacial score (nSPS) is 22.0. The van der Waals surface area contributed by atoms with Crippen molar-refractivity contribution in [2.75, 3.05) is 0 Å². The first-order valence-corrected chi connectivity index (χ1v) is 5.90. The van der Waals surface area contributed by atoms with Crippen LogP contribution in [0, 0.1) is 5.41 Å². The van der Waals surface area contributed by atoms with Gasteiger partial charge in [-0.1, -0.05) is 43.7 Å². The van der Waals surface area contributed by atoms with E-state index in [-0.39, 0.29) is 5.41 Å². The van der Waals surface area contributed by atoms with Crippen LogP contribution in [0.5, 0.6) is 0 Å². The monoisotopic (exact) mass is 212 g/mol. The third-order valence-electron chi connectivity index (χ3n) is 3.65. The molecule has 0 saturated carbocycles. The highest BCUT2D eigenvalue weighted by molar-refractivity contribution is 6.24. The lowest BCUT2D eigenvalue weighted by Gasteiger charge is -2.29. The Hall–Kier alpha value is -1.37. The highest BCUT2D eigenvalue weighted by Crippen LogP contribution is 2.45. The van der Waals surface area contributed by atoms with Crippen LogP contribution in [0.4, 0.5) is 0 Å². The van der Waals surface area contributed by atoms with Gasteiger partial charge in [-0.05, 0) is 29.4 Å². The molecule has 0 saturated heterocycles. The van der Waals surface area contributed by atoms with Crippen molar-refractivity contribution < 1.29 is 4.79 Å². The summed E-state index contributed by atoms with van der Waals surface area (Å²) in [5.41, 5.74) is 5.08. The standard InChI is InChI=1S/C15H16O/c1-15(2)8-11-7-10-5-3-4-6-12(10)14(11)13(16)9-15/h3-6H,7-9H2,1-2H3. The summed E-state index contributed by atoms with van der Waals surface area (Å²) >= 11 is 0. The lowest BCUT2D eigenvalue weighted by molar-refractivity contribution is -0.116. The van der Waals surface area contributed by atoms with Crippen LogP contribution in [0.3, 0.4) is 0 Å². The summed E-state index contributed by atoms with van der Waals surface area (Å²) in [5.74, 6) is 0.344. The van der Waals surface area contributed by atoms with E-state index < -0.39 is 0 Å². The predicted molar refractivity (Wildman–Crippen MR) is 65.1 cm³/mol.